The second-order valence-electron chi connectivity index (χ2n) is 4.23. The third-order valence-electron chi connectivity index (χ3n) is 2.84. The minimum atomic E-state index is -0.174. The van der Waals surface area contributed by atoms with Crippen LogP contribution in [0.4, 0.5) is 5.69 Å². The van der Waals surface area contributed by atoms with Gasteiger partial charge < -0.3 is 15.0 Å². The van der Waals surface area contributed by atoms with Crippen molar-refractivity contribution in [3.63, 3.8) is 0 Å². The number of hydrogen-bond donors (Lipinski definition) is 1. The summed E-state index contributed by atoms with van der Waals surface area (Å²) in [5.74, 6) is -0.176. The highest BCUT2D eigenvalue weighted by Gasteiger charge is 2.26. The van der Waals surface area contributed by atoms with Crippen molar-refractivity contribution in [2.75, 3.05) is 18.5 Å². The molecule has 1 atom stereocenters. The highest BCUT2D eigenvalue weighted by Crippen LogP contribution is 2.16. The van der Waals surface area contributed by atoms with Crippen LogP contribution in [0.2, 0.25) is 0 Å². The fourth-order valence-corrected chi connectivity index (χ4v) is 1.93. The van der Waals surface area contributed by atoms with Crippen LogP contribution in [0.15, 0.2) is 24.3 Å². The van der Waals surface area contributed by atoms with Gasteiger partial charge in [0.1, 0.15) is 6.23 Å². The summed E-state index contributed by atoms with van der Waals surface area (Å²) >= 11 is 0. The zero-order valence-corrected chi connectivity index (χ0v) is 10.5. The number of nitrogens with zero attached hydrogens (tertiary/aromatic N) is 1. The van der Waals surface area contributed by atoms with Gasteiger partial charge in [0, 0.05) is 24.7 Å². The van der Waals surface area contributed by atoms with Gasteiger partial charge in [-0.2, -0.15) is 0 Å². The Kier molecular flexibility index (Phi) is 3.62. The number of carbonyl (C=O) groups excluding carboxylic acids is 2. The van der Waals surface area contributed by atoms with E-state index in [1.165, 1.54) is 6.92 Å². The van der Waals surface area contributed by atoms with Gasteiger partial charge in [-0.3, -0.25) is 9.59 Å². The van der Waals surface area contributed by atoms with Crippen molar-refractivity contribution < 1.29 is 14.3 Å². The van der Waals surface area contributed by atoms with E-state index >= 15 is 0 Å². The third kappa shape index (κ3) is 2.68. The molecule has 5 nitrogen and oxygen atoms in total. The van der Waals surface area contributed by atoms with E-state index in [-0.39, 0.29) is 18.0 Å². The monoisotopic (exact) mass is 248 g/mol. The van der Waals surface area contributed by atoms with E-state index in [0.29, 0.717) is 24.4 Å². The maximum Gasteiger partial charge on any atom is 0.255 e. The maximum absolute atomic E-state index is 12.1. The van der Waals surface area contributed by atoms with E-state index in [9.17, 15) is 9.59 Å². The first-order valence-electron chi connectivity index (χ1n) is 5.88. The van der Waals surface area contributed by atoms with Crippen LogP contribution in [0.5, 0.6) is 0 Å². The van der Waals surface area contributed by atoms with Crippen molar-refractivity contribution in [3.05, 3.63) is 29.8 Å². The largest absolute Gasteiger partial charge is 0.357 e. The Balaban J connectivity index is 2.09. The molecule has 2 amide bonds. The smallest absolute Gasteiger partial charge is 0.255 e. The second kappa shape index (κ2) is 5.18. The molecule has 0 radical (unpaired) electrons. The molecule has 1 fully saturated rings. The molecule has 1 unspecified atom stereocenters. The van der Waals surface area contributed by atoms with E-state index in [2.05, 4.69) is 5.32 Å². The number of anilines is 1. The predicted molar refractivity (Wildman–Crippen MR) is 67.2 cm³/mol. The maximum atomic E-state index is 12.1. The van der Waals surface area contributed by atoms with Crippen molar-refractivity contribution >= 4 is 17.5 Å². The summed E-state index contributed by atoms with van der Waals surface area (Å²) in [5.41, 5.74) is 1.28. The SMILES string of the molecule is CC(=O)Nc1ccc(C(=O)N2CCOC2C)cc1. The summed E-state index contributed by atoms with van der Waals surface area (Å²) in [6.07, 6.45) is -0.174. The molecule has 1 saturated heterocycles. The van der Waals surface area contributed by atoms with E-state index in [1.54, 1.807) is 29.2 Å². The number of amides is 2. The first kappa shape index (κ1) is 12.6. The third-order valence-corrected chi connectivity index (χ3v) is 2.84. The molecule has 1 aromatic carbocycles. The zero-order valence-electron chi connectivity index (χ0n) is 10.5. The number of ether oxygens (including phenoxy) is 1. The number of carbonyl (C=O) groups is 2. The average Bonchev–Trinajstić information content (AvgIpc) is 2.75. The lowest BCUT2D eigenvalue weighted by Gasteiger charge is -2.19. The molecule has 1 heterocycles. The molecule has 0 aliphatic carbocycles. The first-order chi connectivity index (χ1) is 8.58. The molecule has 96 valence electrons. The van der Waals surface area contributed by atoms with Crippen LogP contribution >= 0.6 is 0 Å². The fourth-order valence-electron chi connectivity index (χ4n) is 1.93. The van der Waals surface area contributed by atoms with Crippen LogP contribution in [0.25, 0.3) is 0 Å². The quantitative estimate of drug-likeness (QED) is 0.862. The molecule has 1 aromatic rings. The Hall–Kier alpha value is -1.88. The first-order valence-corrected chi connectivity index (χ1v) is 5.88. The van der Waals surface area contributed by atoms with Gasteiger partial charge in [-0.05, 0) is 31.2 Å². The Morgan fingerprint density at radius 1 is 1.33 bits per heavy atom. The van der Waals surface area contributed by atoms with Gasteiger partial charge in [0.05, 0.1) is 6.61 Å². The van der Waals surface area contributed by atoms with Crippen LogP contribution < -0.4 is 5.32 Å². The summed E-state index contributed by atoms with van der Waals surface area (Å²) in [7, 11) is 0. The summed E-state index contributed by atoms with van der Waals surface area (Å²) in [6.45, 7) is 4.50. The molecule has 1 aliphatic heterocycles. The van der Waals surface area contributed by atoms with E-state index in [0.717, 1.165) is 0 Å². The molecule has 5 heteroatoms. The van der Waals surface area contributed by atoms with Crippen molar-refractivity contribution in [1.82, 2.24) is 4.90 Å². The molecule has 0 spiro atoms. The van der Waals surface area contributed by atoms with E-state index in [4.69, 9.17) is 4.74 Å². The molecule has 0 bridgehead atoms. The van der Waals surface area contributed by atoms with Gasteiger partial charge in [0.15, 0.2) is 0 Å². The zero-order chi connectivity index (χ0) is 13.1. The van der Waals surface area contributed by atoms with Crippen molar-refractivity contribution in [2.45, 2.75) is 20.1 Å². The molecule has 0 saturated carbocycles. The molecule has 18 heavy (non-hydrogen) atoms. The lowest BCUT2D eigenvalue weighted by molar-refractivity contribution is -0.114. The molecular weight excluding hydrogens is 232 g/mol. The van der Waals surface area contributed by atoms with Gasteiger partial charge in [0.2, 0.25) is 5.91 Å². The van der Waals surface area contributed by atoms with E-state index in [1.807, 2.05) is 6.92 Å². The lowest BCUT2D eigenvalue weighted by Crippen LogP contribution is -2.34. The van der Waals surface area contributed by atoms with Crippen molar-refractivity contribution in [2.24, 2.45) is 0 Å². The van der Waals surface area contributed by atoms with Gasteiger partial charge >= 0.3 is 0 Å². The number of benzene rings is 1. The fraction of sp³-hybridized carbons (Fsp3) is 0.385. The molecular formula is C13H16N2O3. The summed E-state index contributed by atoms with van der Waals surface area (Å²) < 4.78 is 5.33. The summed E-state index contributed by atoms with van der Waals surface area (Å²) in [4.78, 5) is 24.7. The van der Waals surface area contributed by atoms with Crippen molar-refractivity contribution in [1.29, 1.82) is 0 Å². The van der Waals surface area contributed by atoms with Crippen LogP contribution in [-0.2, 0) is 9.53 Å². The van der Waals surface area contributed by atoms with Gasteiger partial charge in [-0.25, -0.2) is 0 Å². The summed E-state index contributed by atoms with van der Waals surface area (Å²) in [6, 6.07) is 6.85. The average molecular weight is 248 g/mol. The van der Waals surface area contributed by atoms with Gasteiger partial charge in [0.25, 0.3) is 5.91 Å². The van der Waals surface area contributed by atoms with Crippen molar-refractivity contribution in [3.8, 4) is 0 Å². The Morgan fingerprint density at radius 3 is 2.50 bits per heavy atom. The topological polar surface area (TPSA) is 58.6 Å². The van der Waals surface area contributed by atoms with Gasteiger partial charge in [-0.1, -0.05) is 0 Å². The highest BCUT2D eigenvalue weighted by atomic mass is 16.5. The van der Waals surface area contributed by atoms with Crippen LogP contribution in [0.3, 0.4) is 0 Å². The summed E-state index contributed by atoms with van der Waals surface area (Å²) in [5, 5.41) is 2.66. The number of rotatable bonds is 2. The number of hydrogen-bond acceptors (Lipinski definition) is 3. The normalized spacial score (nSPS) is 18.8. The van der Waals surface area contributed by atoms with Crippen LogP contribution in [-0.4, -0.2) is 36.1 Å². The Labute approximate surface area is 106 Å². The standard InChI is InChI=1S/C13H16N2O3/c1-9(16)14-12-5-3-11(4-6-12)13(17)15-7-8-18-10(15)2/h3-6,10H,7-8H2,1-2H3,(H,14,16). The number of nitrogens with one attached hydrogen (secondary N) is 1. The molecule has 2 rings (SSSR count). The Bertz CT molecular complexity index is 456. The van der Waals surface area contributed by atoms with Crippen LogP contribution in [0, 0.1) is 0 Å². The predicted octanol–water partition coefficient (Wildman–Crippen LogP) is 1.46. The van der Waals surface area contributed by atoms with Gasteiger partial charge in [-0.15, -0.1) is 0 Å². The Morgan fingerprint density at radius 2 is 2.00 bits per heavy atom. The minimum Gasteiger partial charge on any atom is -0.357 e. The molecule has 0 aromatic heterocycles. The lowest BCUT2D eigenvalue weighted by atomic mass is 10.1. The molecule has 1 aliphatic rings. The minimum absolute atomic E-state index is 0.0469. The second-order valence-corrected chi connectivity index (χ2v) is 4.23. The van der Waals surface area contributed by atoms with Crippen LogP contribution in [0.1, 0.15) is 24.2 Å². The van der Waals surface area contributed by atoms with E-state index < -0.39 is 0 Å². The molecule has 1 N–H and O–H groups in total. The highest BCUT2D eigenvalue weighted by molar-refractivity contribution is 5.95.